The van der Waals surface area contributed by atoms with Crippen molar-refractivity contribution in [1.82, 2.24) is 29.6 Å². The van der Waals surface area contributed by atoms with Gasteiger partial charge in [0, 0.05) is 13.2 Å². The Morgan fingerprint density at radius 1 is 1.17 bits per heavy atom. The first-order chi connectivity index (χ1) is 13.9. The first kappa shape index (κ1) is 18.9. The molecule has 0 spiro atoms. The zero-order valence-corrected chi connectivity index (χ0v) is 17.0. The fourth-order valence-electron chi connectivity index (χ4n) is 3.35. The van der Waals surface area contributed by atoms with Crippen LogP contribution in [0, 0.1) is 13.8 Å². The molecule has 0 radical (unpaired) electrons. The number of rotatable bonds is 5. The highest BCUT2D eigenvalue weighted by Crippen LogP contribution is 2.21. The van der Waals surface area contributed by atoms with Crippen molar-refractivity contribution < 1.29 is 4.79 Å². The van der Waals surface area contributed by atoms with Crippen LogP contribution in [-0.2, 0) is 6.54 Å². The summed E-state index contributed by atoms with van der Waals surface area (Å²) in [4.78, 5) is 23.4. The van der Waals surface area contributed by atoms with Gasteiger partial charge in [0.25, 0.3) is 5.91 Å². The number of nitrogens with zero attached hydrogens (tertiary/aromatic N) is 5. The van der Waals surface area contributed by atoms with Crippen LogP contribution in [0.2, 0.25) is 0 Å². The van der Waals surface area contributed by atoms with Gasteiger partial charge in [-0.2, -0.15) is 5.10 Å². The fourth-order valence-corrected chi connectivity index (χ4v) is 3.35. The molecule has 0 saturated heterocycles. The smallest absolute Gasteiger partial charge is 0.274 e. The average Bonchev–Trinajstić information content (AvgIpc) is 3.35. The van der Waals surface area contributed by atoms with E-state index in [0.29, 0.717) is 12.2 Å². The van der Waals surface area contributed by atoms with Crippen molar-refractivity contribution in [2.24, 2.45) is 0 Å². The van der Waals surface area contributed by atoms with Crippen LogP contribution in [0.15, 0.2) is 48.9 Å². The molecule has 0 unspecified atom stereocenters. The summed E-state index contributed by atoms with van der Waals surface area (Å²) in [5, 5.41) is 7.22. The van der Waals surface area contributed by atoms with E-state index in [2.05, 4.69) is 50.7 Å². The molecule has 1 amide bonds. The van der Waals surface area contributed by atoms with Crippen molar-refractivity contribution >= 4 is 16.9 Å². The van der Waals surface area contributed by atoms with Crippen LogP contribution < -0.4 is 0 Å². The first-order valence-electron chi connectivity index (χ1n) is 9.58. The molecule has 4 aromatic rings. The Kier molecular flexibility index (Phi) is 4.88. The summed E-state index contributed by atoms with van der Waals surface area (Å²) in [6.07, 6.45) is 3.55. The zero-order valence-electron chi connectivity index (χ0n) is 17.0. The van der Waals surface area contributed by atoms with Crippen molar-refractivity contribution in [1.29, 1.82) is 0 Å². The first-order valence-corrected chi connectivity index (χ1v) is 9.58. The molecule has 3 aromatic heterocycles. The molecule has 29 heavy (non-hydrogen) atoms. The van der Waals surface area contributed by atoms with Crippen molar-refractivity contribution in [3.63, 3.8) is 0 Å². The molecule has 0 aliphatic rings. The zero-order chi connectivity index (χ0) is 20.5. The molecule has 0 fully saturated rings. The number of carbonyl (C=O) groups is 1. The number of hydrogen-bond acceptors (Lipinski definition) is 4. The monoisotopic (exact) mass is 388 g/mol. The second-order valence-electron chi connectivity index (χ2n) is 7.42. The minimum absolute atomic E-state index is 0.146. The Morgan fingerprint density at radius 2 is 1.97 bits per heavy atom. The van der Waals surface area contributed by atoms with Crippen LogP contribution in [0.3, 0.4) is 0 Å². The van der Waals surface area contributed by atoms with Crippen molar-refractivity contribution in [2.45, 2.75) is 33.4 Å². The predicted molar refractivity (Wildman–Crippen MR) is 112 cm³/mol. The number of carbonyl (C=O) groups excluding carboxylic acids is 1. The maximum absolute atomic E-state index is 12.9. The van der Waals surface area contributed by atoms with Crippen LogP contribution in [-0.4, -0.2) is 42.6 Å². The van der Waals surface area contributed by atoms with Crippen LogP contribution in [0.4, 0.5) is 0 Å². The van der Waals surface area contributed by atoms with Gasteiger partial charge >= 0.3 is 0 Å². The molecule has 4 rings (SSSR count). The maximum Gasteiger partial charge on any atom is 0.274 e. The number of aromatic nitrogens is 5. The summed E-state index contributed by atoms with van der Waals surface area (Å²) >= 11 is 0. The SMILES string of the molecule is Cc1cc2ncn(Cc3cc(C(=O)N(C)[C@H](C)c4ccccn4)n[nH]3)c2cc1C. The Labute approximate surface area is 169 Å². The van der Waals surface area contributed by atoms with E-state index in [1.54, 1.807) is 24.2 Å². The molecule has 0 saturated carbocycles. The molecule has 0 aliphatic heterocycles. The van der Waals surface area contributed by atoms with Crippen LogP contribution in [0.5, 0.6) is 0 Å². The molecule has 0 aliphatic carbocycles. The lowest BCUT2D eigenvalue weighted by Gasteiger charge is -2.23. The Balaban J connectivity index is 1.53. The Morgan fingerprint density at radius 3 is 2.72 bits per heavy atom. The number of imidazole rings is 1. The van der Waals surface area contributed by atoms with Gasteiger partial charge in [-0.25, -0.2) is 4.98 Å². The molecule has 0 bridgehead atoms. The number of amides is 1. The Hall–Kier alpha value is -3.48. The standard InChI is InChI=1S/C22H24N6O/c1-14-9-19-21(10-15(14)2)28(13-24-19)12-17-11-20(26-25-17)22(29)27(4)16(3)18-7-5-6-8-23-18/h5-11,13,16H,12H2,1-4H3,(H,25,26)/t16-/m1/s1. The van der Waals surface area contributed by atoms with E-state index >= 15 is 0 Å². The van der Waals surface area contributed by atoms with Gasteiger partial charge in [-0.05, 0) is 62.2 Å². The number of pyridine rings is 1. The topological polar surface area (TPSA) is 79.7 Å². The van der Waals surface area contributed by atoms with E-state index < -0.39 is 0 Å². The number of nitrogens with one attached hydrogen (secondary N) is 1. The second-order valence-corrected chi connectivity index (χ2v) is 7.42. The summed E-state index contributed by atoms with van der Waals surface area (Å²) in [6, 6.07) is 11.6. The van der Waals surface area contributed by atoms with Gasteiger partial charge in [0.05, 0.1) is 41.3 Å². The van der Waals surface area contributed by atoms with Gasteiger partial charge in [-0.1, -0.05) is 6.07 Å². The minimum atomic E-state index is -0.146. The highest BCUT2D eigenvalue weighted by atomic mass is 16.2. The van der Waals surface area contributed by atoms with Crippen molar-refractivity contribution in [3.05, 3.63) is 77.1 Å². The quantitative estimate of drug-likeness (QED) is 0.566. The highest BCUT2D eigenvalue weighted by Gasteiger charge is 2.22. The molecule has 1 atom stereocenters. The molecule has 7 nitrogen and oxygen atoms in total. The van der Waals surface area contributed by atoms with E-state index in [0.717, 1.165) is 22.4 Å². The summed E-state index contributed by atoms with van der Waals surface area (Å²) in [6.45, 7) is 6.70. The minimum Gasteiger partial charge on any atom is -0.332 e. The largest absolute Gasteiger partial charge is 0.332 e. The molecule has 148 valence electrons. The van der Waals surface area contributed by atoms with E-state index in [9.17, 15) is 4.79 Å². The van der Waals surface area contributed by atoms with Crippen molar-refractivity contribution in [2.75, 3.05) is 7.05 Å². The third-order valence-electron chi connectivity index (χ3n) is 5.44. The van der Waals surface area contributed by atoms with E-state index in [1.165, 1.54) is 11.1 Å². The molecular formula is C22H24N6O. The number of hydrogen-bond donors (Lipinski definition) is 1. The number of H-pyrrole nitrogens is 1. The third kappa shape index (κ3) is 3.63. The van der Waals surface area contributed by atoms with Gasteiger partial charge in [0.15, 0.2) is 0 Å². The van der Waals surface area contributed by atoms with Crippen LogP contribution >= 0.6 is 0 Å². The molecule has 1 aromatic carbocycles. The summed E-state index contributed by atoms with van der Waals surface area (Å²) in [5.74, 6) is -0.146. The number of benzene rings is 1. The highest BCUT2D eigenvalue weighted by molar-refractivity contribution is 5.92. The second kappa shape index (κ2) is 7.50. The average molecular weight is 388 g/mol. The fraction of sp³-hybridized carbons (Fsp3) is 0.273. The van der Waals surface area contributed by atoms with Crippen LogP contribution in [0.1, 0.15) is 46.0 Å². The van der Waals surface area contributed by atoms with Crippen LogP contribution in [0.25, 0.3) is 11.0 Å². The van der Waals surface area contributed by atoms with E-state index in [1.807, 2.05) is 31.5 Å². The van der Waals surface area contributed by atoms with E-state index in [4.69, 9.17) is 0 Å². The lowest BCUT2D eigenvalue weighted by molar-refractivity contribution is 0.0734. The maximum atomic E-state index is 12.9. The van der Waals surface area contributed by atoms with Gasteiger partial charge in [0.2, 0.25) is 0 Å². The number of aromatic amines is 1. The predicted octanol–water partition coefficient (Wildman–Crippen LogP) is 3.65. The molecular weight excluding hydrogens is 364 g/mol. The molecule has 3 heterocycles. The Bertz CT molecular complexity index is 1160. The molecule has 7 heteroatoms. The summed E-state index contributed by atoms with van der Waals surface area (Å²) < 4.78 is 2.06. The van der Waals surface area contributed by atoms with Gasteiger partial charge in [-0.3, -0.25) is 14.9 Å². The number of aryl methyl sites for hydroxylation is 2. The lowest BCUT2D eigenvalue weighted by atomic mass is 10.1. The summed E-state index contributed by atoms with van der Waals surface area (Å²) in [7, 11) is 1.77. The third-order valence-corrected chi connectivity index (χ3v) is 5.44. The van der Waals surface area contributed by atoms with Gasteiger partial charge < -0.3 is 9.47 Å². The van der Waals surface area contributed by atoms with Gasteiger partial charge in [-0.15, -0.1) is 0 Å². The lowest BCUT2D eigenvalue weighted by Crippen LogP contribution is -2.30. The van der Waals surface area contributed by atoms with Gasteiger partial charge in [0.1, 0.15) is 5.69 Å². The summed E-state index contributed by atoms with van der Waals surface area (Å²) in [5.41, 5.74) is 6.57. The molecule has 1 N–H and O–H groups in total. The number of fused-ring (bicyclic) bond motifs is 1. The normalized spacial score (nSPS) is 12.3. The van der Waals surface area contributed by atoms with Crippen molar-refractivity contribution in [3.8, 4) is 0 Å². The van der Waals surface area contributed by atoms with E-state index in [-0.39, 0.29) is 11.9 Å².